The van der Waals surface area contributed by atoms with E-state index in [1.807, 2.05) is 19.1 Å². The van der Waals surface area contributed by atoms with Gasteiger partial charge in [-0.15, -0.1) is 0 Å². The van der Waals surface area contributed by atoms with Crippen molar-refractivity contribution in [1.29, 1.82) is 0 Å². The first-order chi connectivity index (χ1) is 8.22. The number of furan rings is 1. The Kier molecular flexibility index (Phi) is 6.07. The maximum Gasteiger partial charge on any atom is 0.240 e. The minimum atomic E-state index is -0.0411. The molecule has 0 aliphatic rings. The van der Waals surface area contributed by atoms with E-state index in [-0.39, 0.29) is 5.91 Å². The molecule has 0 aromatic carbocycles. The van der Waals surface area contributed by atoms with Crippen LogP contribution in [-0.2, 0) is 4.79 Å². The molecule has 1 aromatic heterocycles. The number of hydrogen-bond acceptors (Lipinski definition) is 3. The molecule has 4 heteroatoms. The summed E-state index contributed by atoms with van der Waals surface area (Å²) in [5.41, 5.74) is 2.49. The molecule has 0 spiro atoms. The van der Waals surface area contributed by atoms with Gasteiger partial charge < -0.3 is 4.42 Å². The summed E-state index contributed by atoms with van der Waals surface area (Å²) in [5, 5.41) is 3.84. The molecule has 4 nitrogen and oxygen atoms in total. The minimum Gasteiger partial charge on any atom is -0.460 e. The molecular formula is C13H20N2O2. The number of amides is 1. The summed E-state index contributed by atoms with van der Waals surface area (Å²) in [4.78, 5) is 11.3. The molecule has 0 fully saturated rings. The minimum absolute atomic E-state index is 0.0411. The van der Waals surface area contributed by atoms with E-state index in [4.69, 9.17) is 4.42 Å². The van der Waals surface area contributed by atoms with Crippen molar-refractivity contribution in [2.75, 3.05) is 0 Å². The van der Waals surface area contributed by atoms with Crippen LogP contribution in [0.25, 0.3) is 0 Å². The Hall–Kier alpha value is -1.58. The van der Waals surface area contributed by atoms with Gasteiger partial charge in [0.2, 0.25) is 5.91 Å². The zero-order valence-electron chi connectivity index (χ0n) is 10.5. The first-order valence-corrected chi connectivity index (χ1v) is 6.10. The Bertz CT molecular complexity index is 369. The van der Waals surface area contributed by atoms with Crippen LogP contribution in [0.2, 0.25) is 0 Å². The summed E-state index contributed by atoms with van der Waals surface area (Å²) in [6.45, 7) is 4.01. The van der Waals surface area contributed by atoms with Crippen LogP contribution in [0.15, 0.2) is 21.7 Å². The van der Waals surface area contributed by atoms with E-state index < -0.39 is 0 Å². The van der Waals surface area contributed by atoms with Gasteiger partial charge in [0.15, 0.2) is 0 Å². The summed E-state index contributed by atoms with van der Waals surface area (Å²) >= 11 is 0. The van der Waals surface area contributed by atoms with E-state index in [9.17, 15) is 4.79 Å². The fraction of sp³-hybridized carbons (Fsp3) is 0.538. The van der Waals surface area contributed by atoms with Crippen molar-refractivity contribution in [3.05, 3.63) is 23.7 Å². The highest BCUT2D eigenvalue weighted by atomic mass is 16.3. The van der Waals surface area contributed by atoms with Gasteiger partial charge in [0.1, 0.15) is 11.5 Å². The van der Waals surface area contributed by atoms with Crippen LogP contribution in [0.4, 0.5) is 0 Å². The molecule has 1 N–H and O–H groups in total. The van der Waals surface area contributed by atoms with Crippen LogP contribution in [-0.4, -0.2) is 12.1 Å². The molecule has 17 heavy (non-hydrogen) atoms. The summed E-state index contributed by atoms with van der Waals surface area (Å²) in [5.74, 6) is 1.44. The number of rotatable bonds is 7. The van der Waals surface area contributed by atoms with E-state index in [0.29, 0.717) is 12.2 Å². The normalized spacial score (nSPS) is 10.9. The van der Waals surface area contributed by atoms with Crippen LogP contribution < -0.4 is 5.43 Å². The first kappa shape index (κ1) is 13.5. The Balaban J connectivity index is 2.17. The predicted molar refractivity (Wildman–Crippen MR) is 67.9 cm³/mol. The standard InChI is InChI=1S/C13H20N2O2/c1-3-4-5-6-7-13(16)15-14-10-12-9-8-11(2)17-12/h8-10H,3-7H2,1-2H3,(H,15,16)/b14-10+. The second-order valence-corrected chi connectivity index (χ2v) is 4.05. The lowest BCUT2D eigenvalue weighted by atomic mass is 10.1. The predicted octanol–water partition coefficient (Wildman–Crippen LogP) is 3.01. The van der Waals surface area contributed by atoms with Gasteiger partial charge >= 0.3 is 0 Å². The monoisotopic (exact) mass is 236 g/mol. The second-order valence-electron chi connectivity index (χ2n) is 4.05. The van der Waals surface area contributed by atoms with Crippen LogP contribution in [0.5, 0.6) is 0 Å². The number of nitrogens with one attached hydrogen (secondary N) is 1. The topological polar surface area (TPSA) is 54.6 Å². The molecule has 0 saturated heterocycles. The number of carbonyl (C=O) groups is 1. The van der Waals surface area contributed by atoms with Crippen molar-refractivity contribution >= 4 is 12.1 Å². The highest BCUT2D eigenvalue weighted by Crippen LogP contribution is 2.03. The van der Waals surface area contributed by atoms with Crippen molar-refractivity contribution in [3.63, 3.8) is 0 Å². The Morgan fingerprint density at radius 3 is 2.88 bits per heavy atom. The van der Waals surface area contributed by atoms with Crippen molar-refractivity contribution in [2.45, 2.75) is 46.0 Å². The van der Waals surface area contributed by atoms with Crippen LogP contribution >= 0.6 is 0 Å². The SMILES string of the molecule is CCCCCCC(=O)N/N=C/c1ccc(C)o1. The Morgan fingerprint density at radius 1 is 1.41 bits per heavy atom. The van der Waals surface area contributed by atoms with E-state index in [0.717, 1.165) is 18.6 Å². The molecular weight excluding hydrogens is 216 g/mol. The fourth-order valence-electron chi connectivity index (χ4n) is 1.46. The summed E-state index contributed by atoms with van der Waals surface area (Å²) < 4.78 is 5.28. The highest BCUT2D eigenvalue weighted by molar-refractivity contribution is 5.80. The Morgan fingerprint density at radius 2 is 2.24 bits per heavy atom. The second kappa shape index (κ2) is 7.65. The summed E-state index contributed by atoms with van der Waals surface area (Å²) in [7, 11) is 0. The average Bonchev–Trinajstić information content (AvgIpc) is 2.71. The maximum absolute atomic E-state index is 11.3. The maximum atomic E-state index is 11.3. The van der Waals surface area contributed by atoms with Crippen LogP contribution in [0.1, 0.15) is 50.5 Å². The van der Waals surface area contributed by atoms with Gasteiger partial charge in [0.25, 0.3) is 0 Å². The summed E-state index contributed by atoms with van der Waals surface area (Å²) in [6.07, 6.45) is 6.44. The molecule has 0 radical (unpaired) electrons. The number of carbonyl (C=O) groups excluding carboxylic acids is 1. The molecule has 94 valence electrons. The molecule has 1 amide bonds. The third kappa shape index (κ3) is 5.90. The Labute approximate surface area is 102 Å². The third-order valence-electron chi connectivity index (χ3n) is 2.40. The van der Waals surface area contributed by atoms with Gasteiger partial charge in [0.05, 0.1) is 6.21 Å². The third-order valence-corrected chi connectivity index (χ3v) is 2.40. The van der Waals surface area contributed by atoms with Crippen molar-refractivity contribution in [3.8, 4) is 0 Å². The number of hydrazone groups is 1. The van der Waals surface area contributed by atoms with Crippen LogP contribution in [0, 0.1) is 6.92 Å². The fourth-order valence-corrected chi connectivity index (χ4v) is 1.46. The number of aryl methyl sites for hydroxylation is 1. The molecule has 0 atom stereocenters. The lowest BCUT2D eigenvalue weighted by molar-refractivity contribution is -0.121. The van der Waals surface area contributed by atoms with Gasteiger partial charge in [-0.2, -0.15) is 5.10 Å². The molecule has 0 bridgehead atoms. The van der Waals surface area contributed by atoms with Gasteiger partial charge in [-0.1, -0.05) is 26.2 Å². The van der Waals surface area contributed by atoms with Crippen molar-refractivity contribution in [2.24, 2.45) is 5.10 Å². The smallest absolute Gasteiger partial charge is 0.240 e. The van der Waals surface area contributed by atoms with Crippen molar-refractivity contribution < 1.29 is 9.21 Å². The van der Waals surface area contributed by atoms with E-state index in [2.05, 4.69) is 17.5 Å². The molecule has 0 saturated carbocycles. The van der Waals surface area contributed by atoms with Crippen molar-refractivity contribution in [1.82, 2.24) is 5.43 Å². The van der Waals surface area contributed by atoms with E-state index in [1.165, 1.54) is 19.1 Å². The molecule has 0 aliphatic heterocycles. The zero-order valence-corrected chi connectivity index (χ0v) is 10.5. The lowest BCUT2D eigenvalue weighted by Gasteiger charge is -1.98. The number of hydrogen-bond donors (Lipinski definition) is 1. The number of unbranched alkanes of at least 4 members (excludes halogenated alkanes) is 3. The zero-order chi connectivity index (χ0) is 12.5. The molecule has 1 heterocycles. The quantitative estimate of drug-likeness (QED) is 0.449. The van der Waals surface area contributed by atoms with E-state index in [1.54, 1.807) is 0 Å². The molecule has 0 aliphatic carbocycles. The van der Waals surface area contributed by atoms with Gasteiger partial charge in [-0.25, -0.2) is 5.43 Å². The summed E-state index contributed by atoms with van der Waals surface area (Å²) in [6, 6.07) is 3.67. The van der Waals surface area contributed by atoms with Crippen LogP contribution in [0.3, 0.4) is 0 Å². The first-order valence-electron chi connectivity index (χ1n) is 6.10. The largest absolute Gasteiger partial charge is 0.460 e. The molecule has 0 unspecified atom stereocenters. The van der Waals surface area contributed by atoms with Gasteiger partial charge in [-0.05, 0) is 25.5 Å². The average molecular weight is 236 g/mol. The number of nitrogens with zero attached hydrogens (tertiary/aromatic N) is 1. The highest BCUT2D eigenvalue weighted by Gasteiger charge is 1.99. The lowest BCUT2D eigenvalue weighted by Crippen LogP contribution is -2.16. The molecule has 1 aromatic rings. The van der Waals surface area contributed by atoms with Gasteiger partial charge in [-0.3, -0.25) is 4.79 Å². The van der Waals surface area contributed by atoms with Gasteiger partial charge in [0, 0.05) is 6.42 Å². The van der Waals surface area contributed by atoms with E-state index >= 15 is 0 Å². The molecule has 1 rings (SSSR count).